The minimum absolute atomic E-state index is 0.326. The van der Waals surface area contributed by atoms with Crippen LogP contribution < -0.4 is 10.4 Å². The molecule has 0 saturated heterocycles. The third-order valence-corrected chi connectivity index (χ3v) is 2.68. The number of hydrogen-bond acceptors (Lipinski definition) is 3. The van der Waals surface area contributed by atoms with E-state index in [0.29, 0.717) is 6.61 Å². The molecule has 0 unspecified atom stereocenters. The van der Waals surface area contributed by atoms with E-state index < -0.39 is 0 Å². The van der Waals surface area contributed by atoms with E-state index in [1.54, 1.807) is 6.20 Å². The minimum atomic E-state index is -0.326. The highest BCUT2D eigenvalue weighted by atomic mass is 16.5. The van der Waals surface area contributed by atoms with Crippen LogP contribution in [0.2, 0.25) is 0 Å². The average molecular weight is 214 g/mol. The predicted octanol–water partition coefficient (Wildman–Crippen LogP) is 1.64. The summed E-state index contributed by atoms with van der Waals surface area (Å²) in [6.45, 7) is 2.46. The molecule has 3 rings (SSSR count). The van der Waals surface area contributed by atoms with Crippen molar-refractivity contribution in [2.24, 2.45) is 0 Å². The molecule has 80 valence electrons. The maximum atomic E-state index is 11.2. The highest BCUT2D eigenvalue weighted by Gasteiger charge is 2.18. The lowest BCUT2D eigenvalue weighted by atomic mass is 10.0. The van der Waals surface area contributed by atoms with Gasteiger partial charge in [-0.25, -0.2) is 9.78 Å². The standard InChI is InChI=1S/C12H10N2O2/c1-7-2-3-10-9(4-7)11-8(6-16-10)5-13-12(15)14-11/h2-5H,6H2,1H3,(H,13,14,15). The molecule has 0 bridgehead atoms. The van der Waals surface area contributed by atoms with E-state index in [1.165, 1.54) is 0 Å². The molecule has 2 heterocycles. The number of H-pyrrole nitrogens is 1. The molecule has 0 radical (unpaired) electrons. The summed E-state index contributed by atoms with van der Waals surface area (Å²) in [5.41, 5.74) is 3.48. The van der Waals surface area contributed by atoms with Crippen LogP contribution in [0.4, 0.5) is 0 Å². The number of nitrogens with one attached hydrogen (secondary N) is 1. The first-order valence-corrected chi connectivity index (χ1v) is 5.06. The molecule has 0 aliphatic carbocycles. The Morgan fingerprint density at radius 3 is 3.19 bits per heavy atom. The molecular formula is C12H10N2O2. The van der Waals surface area contributed by atoms with Crippen LogP contribution in [0.25, 0.3) is 11.3 Å². The van der Waals surface area contributed by atoms with E-state index in [9.17, 15) is 4.79 Å². The Bertz CT molecular complexity index is 617. The molecule has 1 aromatic carbocycles. The van der Waals surface area contributed by atoms with E-state index in [-0.39, 0.29) is 5.69 Å². The topological polar surface area (TPSA) is 55.0 Å². The van der Waals surface area contributed by atoms with Crippen LogP contribution in [0, 0.1) is 6.92 Å². The number of aromatic amines is 1. The van der Waals surface area contributed by atoms with Crippen molar-refractivity contribution in [1.29, 1.82) is 0 Å². The number of hydrogen-bond donors (Lipinski definition) is 1. The maximum absolute atomic E-state index is 11.2. The molecule has 0 fully saturated rings. The summed E-state index contributed by atoms with van der Waals surface area (Å²) in [4.78, 5) is 17.7. The Kier molecular flexibility index (Phi) is 1.83. The van der Waals surface area contributed by atoms with Crippen molar-refractivity contribution in [2.45, 2.75) is 13.5 Å². The van der Waals surface area contributed by atoms with Crippen LogP contribution in [-0.4, -0.2) is 9.97 Å². The fourth-order valence-electron chi connectivity index (χ4n) is 1.89. The van der Waals surface area contributed by atoms with Crippen molar-refractivity contribution >= 4 is 0 Å². The number of ether oxygens (including phenoxy) is 1. The normalized spacial score (nSPS) is 12.6. The molecule has 1 aliphatic rings. The third kappa shape index (κ3) is 1.31. The van der Waals surface area contributed by atoms with Crippen molar-refractivity contribution in [2.75, 3.05) is 0 Å². The summed E-state index contributed by atoms with van der Waals surface area (Å²) >= 11 is 0. The number of nitrogens with zero attached hydrogens (tertiary/aromatic N) is 1. The van der Waals surface area contributed by atoms with Gasteiger partial charge in [0.25, 0.3) is 0 Å². The number of fused-ring (bicyclic) bond motifs is 3. The van der Waals surface area contributed by atoms with Crippen LogP contribution in [0.5, 0.6) is 5.75 Å². The highest BCUT2D eigenvalue weighted by Crippen LogP contribution is 2.35. The smallest absolute Gasteiger partial charge is 0.345 e. The fourth-order valence-corrected chi connectivity index (χ4v) is 1.89. The lowest BCUT2D eigenvalue weighted by Gasteiger charge is -2.19. The fraction of sp³-hybridized carbons (Fsp3) is 0.167. The van der Waals surface area contributed by atoms with Gasteiger partial charge in [0.2, 0.25) is 0 Å². The quantitative estimate of drug-likeness (QED) is 0.725. The predicted molar refractivity (Wildman–Crippen MR) is 59.4 cm³/mol. The molecule has 4 heteroatoms. The summed E-state index contributed by atoms with van der Waals surface area (Å²) in [5.74, 6) is 0.806. The van der Waals surface area contributed by atoms with Gasteiger partial charge in [-0.3, -0.25) is 0 Å². The van der Waals surface area contributed by atoms with E-state index in [1.807, 2.05) is 25.1 Å². The summed E-state index contributed by atoms with van der Waals surface area (Å²) in [5, 5.41) is 0. The van der Waals surface area contributed by atoms with Crippen LogP contribution in [0.15, 0.2) is 29.2 Å². The zero-order chi connectivity index (χ0) is 11.1. The zero-order valence-electron chi connectivity index (χ0n) is 8.78. The van der Waals surface area contributed by atoms with Gasteiger partial charge in [-0.05, 0) is 19.1 Å². The maximum Gasteiger partial charge on any atom is 0.345 e. The van der Waals surface area contributed by atoms with Gasteiger partial charge in [-0.2, -0.15) is 0 Å². The Balaban J connectivity index is 2.32. The second-order valence-electron chi connectivity index (χ2n) is 3.88. The van der Waals surface area contributed by atoms with Gasteiger partial charge in [0.15, 0.2) is 0 Å². The monoisotopic (exact) mass is 214 g/mol. The van der Waals surface area contributed by atoms with Crippen LogP contribution in [-0.2, 0) is 6.61 Å². The SMILES string of the molecule is Cc1ccc2c(c1)-c1[nH]c(=O)ncc1CO2. The molecule has 4 nitrogen and oxygen atoms in total. The van der Waals surface area contributed by atoms with Crippen molar-refractivity contribution in [3.05, 3.63) is 46.0 Å². The first-order valence-electron chi connectivity index (χ1n) is 5.06. The summed E-state index contributed by atoms with van der Waals surface area (Å²) in [6.07, 6.45) is 1.57. The van der Waals surface area contributed by atoms with Crippen molar-refractivity contribution < 1.29 is 4.74 Å². The van der Waals surface area contributed by atoms with Crippen LogP contribution in [0.1, 0.15) is 11.1 Å². The van der Waals surface area contributed by atoms with Crippen molar-refractivity contribution in [3.63, 3.8) is 0 Å². The first kappa shape index (κ1) is 9.15. The lowest BCUT2D eigenvalue weighted by molar-refractivity contribution is 0.300. The number of rotatable bonds is 0. The lowest BCUT2D eigenvalue weighted by Crippen LogP contribution is -2.16. The molecule has 0 amide bonds. The molecule has 0 spiro atoms. The Morgan fingerprint density at radius 2 is 2.31 bits per heavy atom. The van der Waals surface area contributed by atoms with Crippen molar-refractivity contribution in [1.82, 2.24) is 9.97 Å². The Hall–Kier alpha value is -2.10. The van der Waals surface area contributed by atoms with Gasteiger partial charge in [0.1, 0.15) is 12.4 Å². The summed E-state index contributed by atoms with van der Waals surface area (Å²) in [6, 6.07) is 5.92. The molecular weight excluding hydrogens is 204 g/mol. The molecule has 1 aromatic heterocycles. The Labute approximate surface area is 91.9 Å². The molecule has 2 aromatic rings. The van der Waals surface area contributed by atoms with Gasteiger partial charge in [-0.15, -0.1) is 0 Å². The van der Waals surface area contributed by atoms with E-state index in [4.69, 9.17) is 4.74 Å². The molecule has 16 heavy (non-hydrogen) atoms. The zero-order valence-corrected chi connectivity index (χ0v) is 8.78. The average Bonchev–Trinajstić information content (AvgIpc) is 2.29. The summed E-state index contributed by atoms with van der Waals surface area (Å²) < 4.78 is 5.58. The van der Waals surface area contributed by atoms with Gasteiger partial charge < -0.3 is 9.72 Å². The highest BCUT2D eigenvalue weighted by molar-refractivity contribution is 5.71. The molecule has 0 saturated carbocycles. The Morgan fingerprint density at radius 1 is 1.44 bits per heavy atom. The minimum Gasteiger partial charge on any atom is -0.488 e. The van der Waals surface area contributed by atoms with E-state index >= 15 is 0 Å². The number of aromatic nitrogens is 2. The molecule has 0 atom stereocenters. The number of benzene rings is 1. The van der Waals surface area contributed by atoms with Gasteiger partial charge in [-0.1, -0.05) is 11.6 Å². The largest absolute Gasteiger partial charge is 0.488 e. The second-order valence-corrected chi connectivity index (χ2v) is 3.88. The van der Waals surface area contributed by atoms with Crippen LogP contribution in [0.3, 0.4) is 0 Å². The van der Waals surface area contributed by atoms with Crippen molar-refractivity contribution in [3.8, 4) is 17.0 Å². The molecule has 1 aliphatic heterocycles. The number of aryl methyl sites for hydroxylation is 1. The summed E-state index contributed by atoms with van der Waals surface area (Å²) in [7, 11) is 0. The molecule has 1 N–H and O–H groups in total. The second kappa shape index (κ2) is 3.20. The van der Waals surface area contributed by atoms with Gasteiger partial charge >= 0.3 is 5.69 Å². The van der Waals surface area contributed by atoms with Gasteiger partial charge in [0, 0.05) is 17.3 Å². The first-order chi connectivity index (χ1) is 7.74. The van der Waals surface area contributed by atoms with E-state index in [0.717, 1.165) is 28.1 Å². The van der Waals surface area contributed by atoms with Gasteiger partial charge in [0.05, 0.1) is 5.69 Å². The van der Waals surface area contributed by atoms with E-state index in [2.05, 4.69) is 9.97 Å². The third-order valence-electron chi connectivity index (χ3n) is 2.68. The van der Waals surface area contributed by atoms with Crippen LogP contribution >= 0.6 is 0 Å².